The SMILES string of the molecule is O=C(CN1C(=O)NC2(CCCCC2)C1=O)Nc1ccnn1Cc1cccc(Br)c1. The molecular formula is C20H22BrN5O3. The first-order valence-corrected chi connectivity index (χ1v) is 10.5. The van der Waals surface area contributed by atoms with Gasteiger partial charge in [0.2, 0.25) is 5.91 Å². The summed E-state index contributed by atoms with van der Waals surface area (Å²) in [4.78, 5) is 38.7. The minimum atomic E-state index is -0.821. The Labute approximate surface area is 176 Å². The van der Waals surface area contributed by atoms with Crippen molar-refractivity contribution >= 4 is 39.6 Å². The molecule has 0 unspecified atom stereocenters. The number of imide groups is 1. The molecule has 1 aromatic heterocycles. The molecule has 2 aliphatic rings. The van der Waals surface area contributed by atoms with Crippen LogP contribution in [0, 0.1) is 0 Å². The van der Waals surface area contributed by atoms with Crippen LogP contribution in [0.5, 0.6) is 0 Å². The molecule has 2 heterocycles. The number of urea groups is 1. The number of aromatic nitrogens is 2. The average Bonchev–Trinajstić information content (AvgIpc) is 3.20. The van der Waals surface area contributed by atoms with E-state index in [9.17, 15) is 14.4 Å². The van der Waals surface area contributed by atoms with Crippen LogP contribution in [-0.4, -0.2) is 44.6 Å². The molecule has 1 saturated heterocycles. The standard InChI is InChI=1S/C20H22BrN5O3/c21-15-6-4-5-14(11-15)12-26-16(7-10-22-26)23-17(27)13-25-18(28)20(24-19(25)29)8-2-1-3-9-20/h4-7,10-11H,1-3,8-9,12-13H2,(H,23,27)(H,24,29). The predicted octanol–water partition coefficient (Wildman–Crippen LogP) is 2.89. The van der Waals surface area contributed by atoms with Crippen LogP contribution in [0.25, 0.3) is 0 Å². The topological polar surface area (TPSA) is 96.3 Å². The maximum Gasteiger partial charge on any atom is 0.325 e. The van der Waals surface area contributed by atoms with E-state index in [1.807, 2.05) is 24.3 Å². The second-order valence-corrected chi connectivity index (χ2v) is 8.43. The van der Waals surface area contributed by atoms with Gasteiger partial charge >= 0.3 is 6.03 Å². The highest BCUT2D eigenvalue weighted by Crippen LogP contribution is 2.33. The molecule has 9 heteroatoms. The summed E-state index contributed by atoms with van der Waals surface area (Å²) in [6.07, 6.45) is 5.73. The molecule has 1 aliphatic heterocycles. The van der Waals surface area contributed by atoms with Gasteiger partial charge in [0.15, 0.2) is 0 Å². The predicted molar refractivity (Wildman–Crippen MR) is 110 cm³/mol. The Balaban J connectivity index is 1.41. The van der Waals surface area contributed by atoms with E-state index in [1.165, 1.54) is 0 Å². The third-order valence-electron chi connectivity index (χ3n) is 5.46. The van der Waals surface area contributed by atoms with E-state index in [4.69, 9.17) is 0 Å². The van der Waals surface area contributed by atoms with Crippen LogP contribution in [0.1, 0.15) is 37.7 Å². The number of rotatable bonds is 5. The average molecular weight is 460 g/mol. The molecule has 0 atom stereocenters. The summed E-state index contributed by atoms with van der Waals surface area (Å²) in [7, 11) is 0. The normalized spacial score (nSPS) is 18.2. The van der Waals surface area contributed by atoms with Crippen LogP contribution in [0.3, 0.4) is 0 Å². The van der Waals surface area contributed by atoms with Crippen molar-refractivity contribution < 1.29 is 14.4 Å². The van der Waals surface area contributed by atoms with Gasteiger partial charge < -0.3 is 10.6 Å². The second-order valence-electron chi connectivity index (χ2n) is 7.52. The quantitative estimate of drug-likeness (QED) is 0.671. The molecular weight excluding hydrogens is 438 g/mol. The lowest BCUT2D eigenvalue weighted by molar-refractivity contribution is -0.134. The summed E-state index contributed by atoms with van der Waals surface area (Å²) < 4.78 is 2.62. The molecule has 0 radical (unpaired) electrons. The number of carbonyl (C=O) groups excluding carboxylic acids is 3. The summed E-state index contributed by atoms with van der Waals surface area (Å²) in [6.45, 7) is 0.169. The number of nitrogens with one attached hydrogen (secondary N) is 2. The lowest BCUT2D eigenvalue weighted by atomic mass is 9.82. The number of anilines is 1. The van der Waals surface area contributed by atoms with Crippen LogP contribution >= 0.6 is 15.9 Å². The van der Waals surface area contributed by atoms with E-state index in [1.54, 1.807) is 16.9 Å². The van der Waals surface area contributed by atoms with Gasteiger partial charge in [0.1, 0.15) is 17.9 Å². The largest absolute Gasteiger partial charge is 0.325 e. The van der Waals surface area contributed by atoms with E-state index in [0.29, 0.717) is 25.2 Å². The minimum absolute atomic E-state index is 0.292. The summed E-state index contributed by atoms with van der Waals surface area (Å²) in [5, 5.41) is 9.83. The monoisotopic (exact) mass is 459 g/mol. The number of carbonyl (C=O) groups is 3. The molecule has 8 nitrogen and oxygen atoms in total. The van der Waals surface area contributed by atoms with Crippen LogP contribution in [0.4, 0.5) is 10.6 Å². The number of hydrogen-bond donors (Lipinski definition) is 2. The van der Waals surface area contributed by atoms with Crippen LogP contribution in [0.2, 0.25) is 0 Å². The van der Waals surface area contributed by atoms with Gasteiger partial charge in [0.25, 0.3) is 5.91 Å². The van der Waals surface area contributed by atoms with Crippen molar-refractivity contribution in [3.63, 3.8) is 0 Å². The fourth-order valence-corrected chi connectivity index (χ4v) is 4.46. The zero-order valence-electron chi connectivity index (χ0n) is 15.9. The van der Waals surface area contributed by atoms with Crippen LogP contribution in [-0.2, 0) is 16.1 Å². The van der Waals surface area contributed by atoms with E-state index >= 15 is 0 Å². The van der Waals surface area contributed by atoms with Gasteiger partial charge in [0.05, 0.1) is 12.7 Å². The number of halogens is 1. The number of benzene rings is 1. The zero-order chi connectivity index (χ0) is 20.4. The van der Waals surface area contributed by atoms with Gasteiger partial charge in [-0.15, -0.1) is 0 Å². The smallest absolute Gasteiger partial charge is 0.323 e. The van der Waals surface area contributed by atoms with Crippen molar-refractivity contribution in [2.75, 3.05) is 11.9 Å². The number of amides is 4. The van der Waals surface area contributed by atoms with Crippen molar-refractivity contribution in [2.45, 2.75) is 44.2 Å². The van der Waals surface area contributed by atoms with E-state index in [0.717, 1.165) is 34.2 Å². The fraction of sp³-hybridized carbons (Fsp3) is 0.400. The summed E-state index contributed by atoms with van der Waals surface area (Å²) in [5.74, 6) is -0.216. The maximum absolute atomic E-state index is 12.8. The van der Waals surface area contributed by atoms with Crippen molar-refractivity contribution in [3.05, 3.63) is 46.6 Å². The first kappa shape index (κ1) is 19.6. The van der Waals surface area contributed by atoms with Gasteiger partial charge in [-0.2, -0.15) is 5.10 Å². The molecule has 1 aliphatic carbocycles. The van der Waals surface area contributed by atoms with Crippen molar-refractivity contribution in [3.8, 4) is 0 Å². The first-order chi connectivity index (χ1) is 14.0. The number of hydrogen-bond acceptors (Lipinski definition) is 4. The van der Waals surface area contributed by atoms with Crippen molar-refractivity contribution in [1.29, 1.82) is 0 Å². The molecule has 1 aromatic carbocycles. The van der Waals surface area contributed by atoms with Crippen molar-refractivity contribution in [1.82, 2.24) is 20.0 Å². The summed E-state index contributed by atoms with van der Waals surface area (Å²) >= 11 is 3.44. The van der Waals surface area contributed by atoms with Crippen molar-refractivity contribution in [2.24, 2.45) is 0 Å². The Morgan fingerprint density at radius 2 is 2.00 bits per heavy atom. The third kappa shape index (κ3) is 4.05. The highest BCUT2D eigenvalue weighted by molar-refractivity contribution is 9.10. The molecule has 1 saturated carbocycles. The lowest BCUT2D eigenvalue weighted by Gasteiger charge is -2.30. The Kier molecular flexibility index (Phi) is 5.40. The Hall–Kier alpha value is -2.68. The summed E-state index contributed by atoms with van der Waals surface area (Å²) in [5.41, 5.74) is 0.199. The highest BCUT2D eigenvalue weighted by atomic mass is 79.9. The maximum atomic E-state index is 12.8. The van der Waals surface area contributed by atoms with E-state index in [-0.39, 0.29) is 12.5 Å². The highest BCUT2D eigenvalue weighted by Gasteiger charge is 2.51. The molecule has 2 fully saturated rings. The van der Waals surface area contributed by atoms with Gasteiger partial charge in [-0.1, -0.05) is 47.3 Å². The molecule has 1 spiro atoms. The first-order valence-electron chi connectivity index (χ1n) is 9.67. The number of nitrogens with zero attached hydrogens (tertiary/aromatic N) is 3. The van der Waals surface area contributed by atoms with E-state index in [2.05, 4.69) is 31.7 Å². The van der Waals surface area contributed by atoms with Gasteiger partial charge in [0, 0.05) is 10.5 Å². The molecule has 4 rings (SSSR count). The molecule has 0 bridgehead atoms. The molecule has 4 amide bonds. The Morgan fingerprint density at radius 1 is 1.21 bits per heavy atom. The molecule has 152 valence electrons. The van der Waals surface area contributed by atoms with Gasteiger partial charge in [-0.05, 0) is 30.5 Å². The molecule has 2 N–H and O–H groups in total. The van der Waals surface area contributed by atoms with Gasteiger partial charge in [-0.3, -0.25) is 14.5 Å². The fourth-order valence-electron chi connectivity index (χ4n) is 4.01. The Morgan fingerprint density at radius 3 is 2.76 bits per heavy atom. The molecule has 2 aromatic rings. The second kappa shape index (κ2) is 7.98. The lowest BCUT2D eigenvalue weighted by Crippen LogP contribution is -2.48. The molecule has 29 heavy (non-hydrogen) atoms. The van der Waals surface area contributed by atoms with Gasteiger partial charge in [-0.25, -0.2) is 9.48 Å². The zero-order valence-corrected chi connectivity index (χ0v) is 17.4. The minimum Gasteiger partial charge on any atom is -0.323 e. The van der Waals surface area contributed by atoms with E-state index < -0.39 is 17.5 Å². The third-order valence-corrected chi connectivity index (χ3v) is 5.95. The van der Waals surface area contributed by atoms with Crippen LogP contribution < -0.4 is 10.6 Å². The summed E-state index contributed by atoms with van der Waals surface area (Å²) in [6, 6.07) is 9.00. The van der Waals surface area contributed by atoms with Crippen LogP contribution in [0.15, 0.2) is 41.0 Å². The Bertz CT molecular complexity index is 951.